The number of alkyl halides is 3. The maximum Gasteiger partial charge on any atom is 0.417 e. The highest BCUT2D eigenvalue weighted by Crippen LogP contribution is 2.30. The van der Waals surface area contributed by atoms with Gasteiger partial charge in [0.05, 0.1) is 23.0 Å². The van der Waals surface area contributed by atoms with Crippen molar-refractivity contribution in [3.05, 3.63) is 65.1 Å². The summed E-state index contributed by atoms with van der Waals surface area (Å²) in [6, 6.07) is 7.32. The van der Waals surface area contributed by atoms with Gasteiger partial charge in [-0.1, -0.05) is 11.2 Å². The number of hydrogen-bond acceptors (Lipinski definition) is 7. The number of fused-ring (bicyclic) bond motifs is 1. The van der Waals surface area contributed by atoms with E-state index in [1.807, 2.05) is 6.07 Å². The molecule has 4 heterocycles. The fourth-order valence-corrected chi connectivity index (χ4v) is 3.41. The number of hydrogen-bond donors (Lipinski definition) is 1. The summed E-state index contributed by atoms with van der Waals surface area (Å²) in [7, 11) is 1.68. The Morgan fingerprint density at radius 1 is 1.18 bits per heavy atom. The largest absolute Gasteiger partial charge is 0.471 e. The molecule has 1 aliphatic heterocycles. The van der Waals surface area contributed by atoms with Crippen LogP contribution in [-0.4, -0.2) is 30.8 Å². The fourth-order valence-electron chi connectivity index (χ4n) is 3.41. The minimum atomic E-state index is -4.47. The number of aryl methyl sites for hydroxylation is 1. The molecule has 0 aliphatic carbocycles. The molecule has 5 rings (SSSR count). The van der Waals surface area contributed by atoms with Gasteiger partial charge in [-0.05, 0) is 23.8 Å². The van der Waals surface area contributed by atoms with Gasteiger partial charge in [-0.25, -0.2) is 4.98 Å². The number of amides is 1. The fraction of sp³-hybridized carbons (Fsp3) is 0.190. The van der Waals surface area contributed by atoms with Crippen LogP contribution in [0.25, 0.3) is 22.8 Å². The summed E-state index contributed by atoms with van der Waals surface area (Å²) >= 11 is 0. The molecule has 0 saturated carbocycles. The molecule has 1 aliphatic rings. The molecule has 9 nitrogen and oxygen atoms in total. The van der Waals surface area contributed by atoms with Crippen molar-refractivity contribution in [3.63, 3.8) is 0 Å². The van der Waals surface area contributed by atoms with Gasteiger partial charge in [-0.15, -0.1) is 0 Å². The third-order valence-electron chi connectivity index (χ3n) is 5.19. The molecule has 0 unspecified atom stereocenters. The molecule has 0 spiro atoms. The van der Waals surface area contributed by atoms with Gasteiger partial charge in [-0.2, -0.15) is 23.3 Å². The van der Waals surface area contributed by atoms with Crippen molar-refractivity contribution < 1.29 is 27.2 Å². The van der Waals surface area contributed by atoms with Gasteiger partial charge in [0.1, 0.15) is 6.61 Å². The molecule has 168 valence electrons. The molecule has 0 fully saturated rings. The first kappa shape index (κ1) is 20.7. The molecular weight excluding hydrogens is 441 g/mol. The number of halogens is 3. The molecule has 1 amide bonds. The van der Waals surface area contributed by atoms with E-state index >= 15 is 0 Å². The summed E-state index contributed by atoms with van der Waals surface area (Å²) in [5, 5.41) is 11.0. The van der Waals surface area contributed by atoms with Crippen LogP contribution in [0.1, 0.15) is 27.2 Å². The Balaban J connectivity index is 1.36. The summed E-state index contributed by atoms with van der Waals surface area (Å²) in [5.41, 5.74) is 2.38. The normalized spacial score (nSPS) is 13.2. The monoisotopic (exact) mass is 456 g/mol. The first-order chi connectivity index (χ1) is 15.8. The van der Waals surface area contributed by atoms with Crippen LogP contribution in [0, 0.1) is 0 Å². The van der Waals surface area contributed by atoms with Crippen molar-refractivity contribution in [1.29, 1.82) is 0 Å². The van der Waals surface area contributed by atoms with Gasteiger partial charge in [-0.3, -0.25) is 9.48 Å². The number of carbonyl (C=O) groups is 1. The maximum absolute atomic E-state index is 12.7. The van der Waals surface area contributed by atoms with Crippen LogP contribution in [0.2, 0.25) is 0 Å². The van der Waals surface area contributed by atoms with E-state index in [1.54, 1.807) is 19.2 Å². The zero-order chi connectivity index (χ0) is 23.2. The van der Waals surface area contributed by atoms with Gasteiger partial charge in [0, 0.05) is 37.0 Å². The van der Waals surface area contributed by atoms with Crippen LogP contribution >= 0.6 is 0 Å². The van der Waals surface area contributed by atoms with E-state index in [2.05, 4.69) is 25.5 Å². The maximum atomic E-state index is 12.7. The third kappa shape index (κ3) is 3.90. The third-order valence-corrected chi connectivity index (χ3v) is 5.19. The number of benzene rings is 1. The molecule has 4 aromatic rings. The van der Waals surface area contributed by atoms with E-state index < -0.39 is 11.7 Å². The second-order valence-corrected chi connectivity index (χ2v) is 7.28. The predicted octanol–water partition coefficient (Wildman–Crippen LogP) is 3.37. The molecule has 1 aromatic carbocycles. The van der Waals surface area contributed by atoms with Crippen molar-refractivity contribution in [2.75, 3.05) is 0 Å². The number of rotatable bonds is 5. The first-order valence-electron chi connectivity index (χ1n) is 9.72. The van der Waals surface area contributed by atoms with E-state index in [1.165, 1.54) is 10.9 Å². The van der Waals surface area contributed by atoms with Gasteiger partial charge in [0.25, 0.3) is 11.8 Å². The molecular formula is C21H15F3N6O3. The summed E-state index contributed by atoms with van der Waals surface area (Å²) in [6.07, 6.45) is -2.23. The van der Waals surface area contributed by atoms with Gasteiger partial charge in [0.15, 0.2) is 0 Å². The number of nitrogens with one attached hydrogen (secondary N) is 1. The van der Waals surface area contributed by atoms with Gasteiger partial charge < -0.3 is 14.6 Å². The Kier molecular flexibility index (Phi) is 4.84. The quantitative estimate of drug-likeness (QED) is 0.491. The first-order valence-corrected chi connectivity index (χ1v) is 9.72. The van der Waals surface area contributed by atoms with E-state index in [4.69, 9.17) is 9.26 Å². The predicted molar refractivity (Wildman–Crippen MR) is 107 cm³/mol. The Morgan fingerprint density at radius 2 is 2.03 bits per heavy atom. The van der Waals surface area contributed by atoms with Crippen LogP contribution in [0.3, 0.4) is 0 Å². The second-order valence-electron chi connectivity index (χ2n) is 7.28. The lowest BCUT2D eigenvalue weighted by atomic mass is 10.1. The van der Waals surface area contributed by atoms with Crippen molar-refractivity contribution in [2.24, 2.45) is 7.05 Å². The number of pyridine rings is 1. The smallest absolute Gasteiger partial charge is 0.417 e. The number of ether oxygens (including phenoxy) is 1. The highest BCUT2D eigenvalue weighted by atomic mass is 19.4. The Morgan fingerprint density at radius 3 is 2.79 bits per heavy atom. The molecule has 3 aromatic heterocycles. The number of aromatic nitrogens is 5. The summed E-state index contributed by atoms with van der Waals surface area (Å²) in [6.45, 7) is 0.406. The lowest BCUT2D eigenvalue weighted by Gasteiger charge is -2.09. The van der Waals surface area contributed by atoms with Crippen molar-refractivity contribution in [3.8, 4) is 28.7 Å². The van der Waals surface area contributed by atoms with Crippen LogP contribution in [0.5, 0.6) is 5.88 Å². The van der Waals surface area contributed by atoms with E-state index in [0.29, 0.717) is 41.0 Å². The average molecular weight is 456 g/mol. The van der Waals surface area contributed by atoms with E-state index in [9.17, 15) is 18.0 Å². The average Bonchev–Trinajstić information content (AvgIpc) is 3.51. The van der Waals surface area contributed by atoms with E-state index in [-0.39, 0.29) is 24.3 Å². The number of nitrogens with zero attached hydrogens (tertiary/aromatic N) is 5. The Bertz CT molecular complexity index is 1340. The minimum Gasteiger partial charge on any atom is -0.471 e. The lowest BCUT2D eigenvalue weighted by Crippen LogP contribution is -2.12. The standard InChI is InChI=1S/C21H15F3N6O3/c1-30-16(10-32-17-5-3-13(8-25-17)21(22,23)24)15(9-27-30)20-28-18(29-33-20)11-2-4-14-12(6-11)7-26-19(14)31/h2-6,8-9H,7,10H2,1H3,(H,26,31). The van der Waals surface area contributed by atoms with Crippen LogP contribution in [-0.2, 0) is 26.4 Å². The number of carbonyl (C=O) groups excluding carboxylic acids is 1. The van der Waals surface area contributed by atoms with E-state index in [0.717, 1.165) is 17.7 Å². The molecule has 12 heteroatoms. The zero-order valence-electron chi connectivity index (χ0n) is 17.1. The summed E-state index contributed by atoms with van der Waals surface area (Å²) in [4.78, 5) is 19.9. The van der Waals surface area contributed by atoms with Crippen LogP contribution < -0.4 is 10.1 Å². The second kappa shape index (κ2) is 7.73. The molecule has 0 radical (unpaired) electrons. The van der Waals surface area contributed by atoms with Crippen molar-refractivity contribution in [2.45, 2.75) is 19.3 Å². The summed E-state index contributed by atoms with van der Waals surface area (Å²) in [5.74, 6) is 0.453. The molecule has 1 N–H and O–H groups in total. The summed E-state index contributed by atoms with van der Waals surface area (Å²) < 4.78 is 50.6. The topological polar surface area (TPSA) is 108 Å². The zero-order valence-corrected chi connectivity index (χ0v) is 17.1. The SMILES string of the molecule is Cn1ncc(-c2nc(-c3ccc4c(c3)CNC4=O)no2)c1COc1ccc(C(F)(F)F)cn1. The minimum absolute atomic E-state index is 0.0302. The highest BCUT2D eigenvalue weighted by Gasteiger charge is 2.30. The van der Waals surface area contributed by atoms with Crippen LogP contribution in [0.4, 0.5) is 13.2 Å². The Labute approximate surface area is 184 Å². The Hall–Kier alpha value is -4.22. The molecule has 0 atom stereocenters. The molecule has 33 heavy (non-hydrogen) atoms. The highest BCUT2D eigenvalue weighted by molar-refractivity contribution is 5.98. The molecule has 0 saturated heterocycles. The van der Waals surface area contributed by atoms with Gasteiger partial charge in [0.2, 0.25) is 11.7 Å². The van der Waals surface area contributed by atoms with Crippen molar-refractivity contribution in [1.82, 2.24) is 30.2 Å². The van der Waals surface area contributed by atoms with Crippen LogP contribution in [0.15, 0.2) is 47.2 Å². The lowest BCUT2D eigenvalue weighted by molar-refractivity contribution is -0.137. The molecule has 0 bridgehead atoms. The van der Waals surface area contributed by atoms with Crippen molar-refractivity contribution >= 4 is 5.91 Å². The van der Waals surface area contributed by atoms with Gasteiger partial charge >= 0.3 is 6.18 Å².